The molecule has 8 heteroatoms. The second-order valence-electron chi connectivity index (χ2n) is 8.21. The summed E-state index contributed by atoms with van der Waals surface area (Å²) in [6.45, 7) is 3.29. The Labute approximate surface area is 204 Å². The summed E-state index contributed by atoms with van der Waals surface area (Å²) in [5, 5.41) is 23.6. The predicted molar refractivity (Wildman–Crippen MR) is 133 cm³/mol. The molecule has 0 spiro atoms. The van der Waals surface area contributed by atoms with Gasteiger partial charge in [-0.15, -0.1) is 0 Å². The van der Waals surface area contributed by atoms with E-state index in [4.69, 9.17) is 19.6 Å². The maximum absolute atomic E-state index is 10.5. The molecule has 1 aromatic heterocycles. The van der Waals surface area contributed by atoms with Crippen LogP contribution in [0.4, 0.5) is 6.01 Å². The largest absolute Gasteiger partial charge is 0.492 e. The lowest BCUT2D eigenvalue weighted by Crippen LogP contribution is -2.34. The highest BCUT2D eigenvalue weighted by Crippen LogP contribution is 2.31. The van der Waals surface area contributed by atoms with E-state index in [2.05, 4.69) is 10.3 Å². The smallest absolute Gasteiger partial charge is 0.295 e. The van der Waals surface area contributed by atoms with Crippen molar-refractivity contribution in [3.8, 4) is 28.7 Å². The molecule has 3 aromatic carbocycles. The van der Waals surface area contributed by atoms with Crippen molar-refractivity contribution >= 4 is 6.01 Å². The van der Waals surface area contributed by atoms with Crippen LogP contribution in [0.1, 0.15) is 24.2 Å². The van der Waals surface area contributed by atoms with E-state index in [1.54, 1.807) is 24.3 Å². The highest BCUT2D eigenvalue weighted by molar-refractivity contribution is 5.64. The third-order valence-electron chi connectivity index (χ3n) is 5.42. The number of benzene rings is 3. The molecular weight excluding hydrogens is 446 g/mol. The lowest BCUT2D eigenvalue weighted by atomic mass is 10.1. The van der Waals surface area contributed by atoms with Gasteiger partial charge in [0.1, 0.15) is 24.7 Å². The molecule has 182 valence electrons. The molecule has 35 heavy (non-hydrogen) atoms. The molecule has 1 heterocycles. The zero-order valence-corrected chi connectivity index (χ0v) is 19.4. The molecular formula is C27H29N3O5. The Morgan fingerprint density at radius 3 is 2.26 bits per heavy atom. The number of aromatic nitrogens is 1. The molecule has 0 aliphatic carbocycles. The molecule has 0 radical (unpaired) electrons. The standard InChI is InChI=1S/C27H29N3O5/c1-18(16-33-22-13-9-21(10-14-22)25-26(32)30-27(28)35-25)29-15-24(31)20-7-11-23(12-8-20)34-17-19-5-3-2-4-6-19/h2-14,18,24,29,31-32H,15-17H2,1H3,(H2,28,30). The number of nitrogens with one attached hydrogen (secondary N) is 1. The maximum Gasteiger partial charge on any atom is 0.295 e. The number of nitrogens with zero attached hydrogens (tertiary/aromatic N) is 1. The third kappa shape index (κ3) is 6.75. The van der Waals surface area contributed by atoms with E-state index in [-0.39, 0.29) is 23.7 Å². The molecule has 5 N–H and O–H groups in total. The van der Waals surface area contributed by atoms with Crippen LogP contribution in [0.5, 0.6) is 17.4 Å². The SMILES string of the molecule is CC(COc1ccc(-c2oc(N)nc2O)cc1)NCC(O)c1ccc(OCc2ccccc2)cc1. The quantitative estimate of drug-likeness (QED) is 0.253. The van der Waals surface area contributed by atoms with E-state index in [0.717, 1.165) is 16.9 Å². The van der Waals surface area contributed by atoms with Gasteiger partial charge in [0.05, 0.1) is 6.10 Å². The molecule has 2 unspecified atom stereocenters. The van der Waals surface area contributed by atoms with Crippen LogP contribution in [0.2, 0.25) is 0 Å². The van der Waals surface area contributed by atoms with Gasteiger partial charge in [0.15, 0.2) is 5.76 Å². The highest BCUT2D eigenvalue weighted by Gasteiger charge is 2.13. The van der Waals surface area contributed by atoms with E-state index in [9.17, 15) is 10.2 Å². The van der Waals surface area contributed by atoms with Gasteiger partial charge in [-0.3, -0.25) is 0 Å². The summed E-state index contributed by atoms with van der Waals surface area (Å²) in [5.41, 5.74) is 8.02. The van der Waals surface area contributed by atoms with Crippen molar-refractivity contribution in [1.29, 1.82) is 0 Å². The van der Waals surface area contributed by atoms with Crippen LogP contribution in [0, 0.1) is 0 Å². The Hall–Kier alpha value is -4.01. The van der Waals surface area contributed by atoms with Crippen LogP contribution in [-0.4, -0.2) is 34.4 Å². The minimum Gasteiger partial charge on any atom is -0.492 e. The molecule has 0 aliphatic rings. The third-order valence-corrected chi connectivity index (χ3v) is 5.42. The number of rotatable bonds is 11. The first-order chi connectivity index (χ1) is 17.0. The zero-order valence-electron chi connectivity index (χ0n) is 19.4. The van der Waals surface area contributed by atoms with Gasteiger partial charge >= 0.3 is 0 Å². The molecule has 4 rings (SSSR count). The van der Waals surface area contributed by atoms with Crippen molar-refractivity contribution in [3.63, 3.8) is 0 Å². The normalized spacial score (nSPS) is 12.7. The molecule has 0 amide bonds. The van der Waals surface area contributed by atoms with E-state index < -0.39 is 6.10 Å². The minimum atomic E-state index is -0.651. The van der Waals surface area contributed by atoms with Gasteiger partial charge in [0.25, 0.3) is 11.9 Å². The summed E-state index contributed by atoms with van der Waals surface area (Å²) in [7, 11) is 0. The fraction of sp³-hybridized carbons (Fsp3) is 0.222. The van der Waals surface area contributed by atoms with Crippen molar-refractivity contribution in [1.82, 2.24) is 10.3 Å². The lowest BCUT2D eigenvalue weighted by Gasteiger charge is -2.18. The van der Waals surface area contributed by atoms with Crippen LogP contribution in [0.15, 0.2) is 83.3 Å². The Kier molecular flexibility index (Phi) is 7.87. The van der Waals surface area contributed by atoms with Crippen LogP contribution in [0.25, 0.3) is 11.3 Å². The van der Waals surface area contributed by atoms with Gasteiger partial charge in [-0.25, -0.2) is 0 Å². The molecule has 0 fully saturated rings. The number of oxazole rings is 1. The van der Waals surface area contributed by atoms with Gasteiger partial charge in [-0.2, -0.15) is 4.98 Å². The summed E-state index contributed by atoms with van der Waals surface area (Å²) in [4.78, 5) is 3.65. The Morgan fingerprint density at radius 1 is 0.943 bits per heavy atom. The molecule has 4 aromatic rings. The monoisotopic (exact) mass is 475 g/mol. The van der Waals surface area contributed by atoms with E-state index >= 15 is 0 Å². The van der Waals surface area contributed by atoms with Gasteiger partial charge in [-0.1, -0.05) is 42.5 Å². The van der Waals surface area contributed by atoms with Crippen molar-refractivity contribution in [2.24, 2.45) is 0 Å². The van der Waals surface area contributed by atoms with Crippen molar-refractivity contribution in [2.45, 2.75) is 25.7 Å². The molecule has 0 bridgehead atoms. The summed E-state index contributed by atoms with van der Waals surface area (Å²) < 4.78 is 16.8. The van der Waals surface area contributed by atoms with Crippen LogP contribution >= 0.6 is 0 Å². The first-order valence-electron chi connectivity index (χ1n) is 11.3. The maximum atomic E-state index is 10.5. The fourth-order valence-corrected chi connectivity index (χ4v) is 3.46. The number of hydrogen-bond acceptors (Lipinski definition) is 8. The fourth-order valence-electron chi connectivity index (χ4n) is 3.46. The topological polar surface area (TPSA) is 123 Å². The molecule has 2 atom stereocenters. The number of aliphatic hydroxyl groups excluding tert-OH is 1. The van der Waals surface area contributed by atoms with E-state index in [1.165, 1.54) is 0 Å². The second kappa shape index (κ2) is 11.4. The Morgan fingerprint density at radius 2 is 1.60 bits per heavy atom. The number of aliphatic hydroxyl groups is 1. The minimum absolute atomic E-state index is 0.0101. The van der Waals surface area contributed by atoms with Gasteiger partial charge in [0.2, 0.25) is 0 Å². The number of nitrogens with two attached hydrogens (primary N) is 1. The number of hydrogen-bond donors (Lipinski definition) is 4. The zero-order chi connectivity index (χ0) is 24.6. The molecule has 0 aliphatic heterocycles. The number of nitrogen functional groups attached to an aromatic ring is 1. The van der Waals surface area contributed by atoms with Gasteiger partial charge in [-0.05, 0) is 54.4 Å². The van der Waals surface area contributed by atoms with E-state index in [0.29, 0.717) is 31.1 Å². The van der Waals surface area contributed by atoms with Gasteiger partial charge < -0.3 is 35.2 Å². The summed E-state index contributed by atoms with van der Waals surface area (Å²) >= 11 is 0. The molecule has 8 nitrogen and oxygen atoms in total. The van der Waals surface area contributed by atoms with Crippen LogP contribution < -0.4 is 20.5 Å². The van der Waals surface area contributed by atoms with Gasteiger partial charge in [0, 0.05) is 18.2 Å². The van der Waals surface area contributed by atoms with E-state index in [1.807, 2.05) is 61.5 Å². The number of anilines is 1. The van der Waals surface area contributed by atoms with Crippen LogP contribution in [0.3, 0.4) is 0 Å². The Balaban J connectivity index is 1.19. The van der Waals surface area contributed by atoms with Crippen molar-refractivity contribution in [2.75, 3.05) is 18.9 Å². The first-order valence-corrected chi connectivity index (χ1v) is 11.3. The summed E-state index contributed by atoms with van der Waals surface area (Å²) in [6, 6.07) is 24.4. The number of ether oxygens (including phenoxy) is 2. The van der Waals surface area contributed by atoms with Crippen molar-refractivity contribution < 1.29 is 24.1 Å². The summed E-state index contributed by atoms with van der Waals surface area (Å²) in [5.74, 6) is 1.39. The summed E-state index contributed by atoms with van der Waals surface area (Å²) in [6.07, 6.45) is -0.651. The predicted octanol–water partition coefficient (Wildman–Crippen LogP) is 4.30. The first kappa shape index (κ1) is 24.1. The Bertz CT molecular complexity index is 1190. The van der Waals surface area contributed by atoms with Crippen LogP contribution in [-0.2, 0) is 6.61 Å². The van der Waals surface area contributed by atoms with Crippen molar-refractivity contribution in [3.05, 3.63) is 90.0 Å². The lowest BCUT2D eigenvalue weighted by molar-refractivity contribution is 0.163. The molecule has 0 saturated heterocycles. The molecule has 0 saturated carbocycles. The highest BCUT2D eigenvalue weighted by atomic mass is 16.5. The second-order valence-corrected chi connectivity index (χ2v) is 8.21. The number of aromatic hydroxyl groups is 1. The average molecular weight is 476 g/mol. The average Bonchev–Trinajstić information content (AvgIpc) is 3.23.